The molecule has 4 heterocycles. The zero-order chi connectivity index (χ0) is 22.1. The van der Waals surface area contributed by atoms with Crippen LogP contribution in [0.2, 0.25) is 0 Å². The summed E-state index contributed by atoms with van der Waals surface area (Å²) in [6.45, 7) is 12.0. The molecular formula is C22H31N7OS. The van der Waals surface area contributed by atoms with E-state index >= 15 is 0 Å². The molecule has 3 aromatic rings. The predicted molar refractivity (Wildman–Crippen MR) is 126 cm³/mol. The maximum Gasteiger partial charge on any atom is 0.227 e. The van der Waals surface area contributed by atoms with Crippen molar-refractivity contribution in [3.8, 4) is 0 Å². The molecule has 1 aliphatic heterocycles. The van der Waals surface area contributed by atoms with Gasteiger partial charge in [-0.1, -0.05) is 13.8 Å². The molecule has 8 nitrogen and oxygen atoms in total. The average molecular weight is 442 g/mol. The molecular weight excluding hydrogens is 410 g/mol. The largest absolute Gasteiger partial charge is 0.341 e. The van der Waals surface area contributed by atoms with E-state index in [4.69, 9.17) is 4.98 Å². The smallest absolute Gasteiger partial charge is 0.227 e. The van der Waals surface area contributed by atoms with Gasteiger partial charge in [0.25, 0.3) is 0 Å². The van der Waals surface area contributed by atoms with Gasteiger partial charge in [0.2, 0.25) is 5.95 Å². The molecule has 0 radical (unpaired) electrons. The highest BCUT2D eigenvalue weighted by Crippen LogP contribution is 2.25. The van der Waals surface area contributed by atoms with Crippen LogP contribution in [0, 0.1) is 6.92 Å². The number of anilines is 3. The number of fused-ring (bicyclic) bond motifs is 1. The van der Waals surface area contributed by atoms with Crippen LogP contribution < -0.4 is 10.2 Å². The lowest BCUT2D eigenvalue weighted by atomic mass is 10.1. The Morgan fingerprint density at radius 2 is 1.84 bits per heavy atom. The lowest BCUT2D eigenvalue weighted by Gasteiger charge is -2.32. The Kier molecular flexibility index (Phi) is 6.22. The first kappa shape index (κ1) is 21.7. The SMILES string of the molecule is Cc1nc2cnc(Nc3ccnc(N4CCC(S(=O)C(C)C)CC4)n3)cc2n1C(C)C. The number of piperidine rings is 1. The summed E-state index contributed by atoms with van der Waals surface area (Å²) in [5.41, 5.74) is 1.95. The number of nitrogens with zero attached hydrogens (tertiary/aromatic N) is 6. The number of rotatable bonds is 6. The highest BCUT2D eigenvalue weighted by molar-refractivity contribution is 7.86. The van der Waals surface area contributed by atoms with Gasteiger partial charge in [-0.05, 0) is 39.7 Å². The van der Waals surface area contributed by atoms with Gasteiger partial charge in [0, 0.05) is 52.7 Å². The molecule has 1 fully saturated rings. The second-order valence-corrected chi connectivity index (χ2v) is 10.9. The Bertz CT molecular complexity index is 1090. The number of imidazole rings is 1. The fourth-order valence-electron chi connectivity index (χ4n) is 4.21. The fraction of sp³-hybridized carbons (Fsp3) is 0.545. The Morgan fingerprint density at radius 1 is 1.10 bits per heavy atom. The summed E-state index contributed by atoms with van der Waals surface area (Å²) in [6.07, 6.45) is 5.38. The van der Waals surface area contributed by atoms with Gasteiger partial charge >= 0.3 is 0 Å². The molecule has 1 atom stereocenters. The Balaban J connectivity index is 1.49. The van der Waals surface area contributed by atoms with E-state index in [0.717, 1.165) is 48.6 Å². The highest BCUT2D eigenvalue weighted by Gasteiger charge is 2.26. The van der Waals surface area contributed by atoms with Gasteiger partial charge < -0.3 is 14.8 Å². The summed E-state index contributed by atoms with van der Waals surface area (Å²) in [7, 11) is -0.771. The Hall–Kier alpha value is -2.55. The van der Waals surface area contributed by atoms with Crippen molar-refractivity contribution in [1.82, 2.24) is 24.5 Å². The molecule has 1 saturated heterocycles. The first-order valence-electron chi connectivity index (χ1n) is 10.9. The maximum atomic E-state index is 12.4. The minimum Gasteiger partial charge on any atom is -0.341 e. The number of hydrogen-bond acceptors (Lipinski definition) is 7. The second kappa shape index (κ2) is 8.90. The molecule has 1 aliphatic rings. The highest BCUT2D eigenvalue weighted by atomic mass is 32.2. The predicted octanol–water partition coefficient (Wildman–Crippen LogP) is 3.98. The molecule has 0 bridgehead atoms. The first-order chi connectivity index (χ1) is 14.8. The van der Waals surface area contributed by atoms with E-state index in [9.17, 15) is 4.21 Å². The van der Waals surface area contributed by atoms with Gasteiger partial charge in [-0.15, -0.1) is 0 Å². The molecule has 9 heteroatoms. The molecule has 0 spiro atoms. The van der Waals surface area contributed by atoms with Gasteiger partial charge in [0.15, 0.2) is 0 Å². The van der Waals surface area contributed by atoms with Crippen LogP contribution in [0.25, 0.3) is 11.0 Å². The number of pyridine rings is 1. The monoisotopic (exact) mass is 441 g/mol. The quantitative estimate of drug-likeness (QED) is 0.619. The van der Waals surface area contributed by atoms with Crippen LogP contribution in [0.5, 0.6) is 0 Å². The van der Waals surface area contributed by atoms with Gasteiger partial charge in [0.05, 0.1) is 11.7 Å². The molecule has 31 heavy (non-hydrogen) atoms. The van der Waals surface area contributed by atoms with E-state index in [2.05, 4.69) is 43.6 Å². The molecule has 0 aromatic carbocycles. The summed E-state index contributed by atoms with van der Waals surface area (Å²) in [5, 5.41) is 3.79. The van der Waals surface area contributed by atoms with E-state index in [1.54, 1.807) is 12.4 Å². The van der Waals surface area contributed by atoms with Crippen molar-refractivity contribution in [3.05, 3.63) is 30.4 Å². The van der Waals surface area contributed by atoms with Crippen LogP contribution in [0.1, 0.15) is 52.4 Å². The third-order valence-corrected chi connectivity index (χ3v) is 7.74. The van der Waals surface area contributed by atoms with Crippen molar-refractivity contribution >= 4 is 39.4 Å². The molecule has 1 N–H and O–H groups in total. The first-order valence-corrected chi connectivity index (χ1v) is 12.2. The Labute approximate surface area is 186 Å². The molecule has 4 rings (SSSR count). The average Bonchev–Trinajstić information content (AvgIpc) is 3.08. The van der Waals surface area contributed by atoms with E-state index < -0.39 is 10.8 Å². The molecule has 166 valence electrons. The van der Waals surface area contributed by atoms with E-state index in [1.165, 1.54) is 0 Å². The number of aryl methyl sites for hydroxylation is 1. The van der Waals surface area contributed by atoms with E-state index in [-0.39, 0.29) is 10.5 Å². The molecule has 0 saturated carbocycles. The van der Waals surface area contributed by atoms with Gasteiger partial charge in [-0.25, -0.2) is 15.0 Å². The minimum atomic E-state index is -0.771. The topological polar surface area (TPSA) is 88.8 Å². The number of hydrogen-bond donors (Lipinski definition) is 1. The standard InChI is InChI=1S/C22H31N7OS/c1-14(2)29-16(5)25-18-13-24-21(12-19(18)29)26-20-6-9-23-22(27-20)28-10-7-17(8-11-28)31(30)15(3)4/h6,9,12-15,17H,7-8,10-11H2,1-5H3,(H,23,24,26,27). The van der Waals surface area contributed by atoms with Crippen molar-refractivity contribution in [2.75, 3.05) is 23.3 Å². The van der Waals surface area contributed by atoms with E-state index in [0.29, 0.717) is 17.8 Å². The lowest BCUT2D eigenvalue weighted by molar-refractivity contribution is 0.560. The zero-order valence-electron chi connectivity index (χ0n) is 18.9. The third kappa shape index (κ3) is 4.56. The summed E-state index contributed by atoms with van der Waals surface area (Å²) >= 11 is 0. The summed E-state index contributed by atoms with van der Waals surface area (Å²) in [4.78, 5) is 20.5. The van der Waals surface area contributed by atoms with Crippen LogP contribution in [0.15, 0.2) is 24.5 Å². The van der Waals surface area contributed by atoms with Gasteiger partial charge in [-0.3, -0.25) is 4.21 Å². The van der Waals surface area contributed by atoms with Crippen molar-refractivity contribution in [2.24, 2.45) is 0 Å². The van der Waals surface area contributed by atoms with Gasteiger partial charge in [-0.2, -0.15) is 4.98 Å². The van der Waals surface area contributed by atoms with Crippen LogP contribution >= 0.6 is 0 Å². The van der Waals surface area contributed by atoms with Crippen LogP contribution in [0.4, 0.5) is 17.6 Å². The van der Waals surface area contributed by atoms with Crippen molar-refractivity contribution in [1.29, 1.82) is 0 Å². The second-order valence-electron chi connectivity index (χ2n) is 8.61. The van der Waals surface area contributed by atoms with Crippen LogP contribution in [-0.2, 0) is 10.8 Å². The fourth-order valence-corrected chi connectivity index (χ4v) is 5.66. The maximum absolute atomic E-state index is 12.4. The van der Waals surface area contributed by atoms with Crippen molar-refractivity contribution in [2.45, 2.75) is 64.0 Å². The Morgan fingerprint density at radius 3 is 2.52 bits per heavy atom. The van der Waals surface area contributed by atoms with Crippen LogP contribution in [0.3, 0.4) is 0 Å². The molecule has 0 aliphatic carbocycles. The van der Waals surface area contributed by atoms with Crippen molar-refractivity contribution < 1.29 is 4.21 Å². The van der Waals surface area contributed by atoms with Crippen molar-refractivity contribution in [3.63, 3.8) is 0 Å². The van der Waals surface area contributed by atoms with Gasteiger partial charge in [0.1, 0.15) is 23.0 Å². The number of nitrogens with one attached hydrogen (secondary N) is 1. The summed E-state index contributed by atoms with van der Waals surface area (Å²) < 4.78 is 14.6. The molecule has 3 aromatic heterocycles. The lowest BCUT2D eigenvalue weighted by Crippen LogP contribution is -2.39. The zero-order valence-corrected chi connectivity index (χ0v) is 19.7. The number of aromatic nitrogens is 5. The van der Waals surface area contributed by atoms with Crippen LogP contribution in [-0.4, -0.2) is 52.3 Å². The summed E-state index contributed by atoms with van der Waals surface area (Å²) in [5.74, 6) is 3.11. The summed E-state index contributed by atoms with van der Waals surface area (Å²) in [6, 6.07) is 4.18. The minimum absolute atomic E-state index is 0.209. The normalized spacial score (nSPS) is 16.4. The van der Waals surface area contributed by atoms with E-state index in [1.807, 2.05) is 32.9 Å². The molecule has 1 unspecified atom stereocenters. The third-order valence-electron chi connectivity index (χ3n) is 5.69. The molecule has 0 amide bonds.